The van der Waals surface area contributed by atoms with Crippen LogP contribution in [-0.4, -0.2) is 32.7 Å². The average molecular weight is 465 g/mol. The number of anilines is 3. The Hall–Kier alpha value is -2.33. The maximum atomic E-state index is 14.2. The van der Waals surface area contributed by atoms with Crippen molar-refractivity contribution in [2.75, 3.05) is 17.2 Å². The number of hydrogen-bond donors (Lipinski definition) is 3. The second kappa shape index (κ2) is 8.37. The number of rotatable bonds is 6. The molecule has 0 aliphatic heterocycles. The maximum Gasteiger partial charge on any atom is 0.225 e. The van der Waals surface area contributed by atoms with Crippen molar-refractivity contribution in [1.29, 1.82) is 0 Å². The fourth-order valence-electron chi connectivity index (χ4n) is 2.23. The summed E-state index contributed by atoms with van der Waals surface area (Å²) in [6.07, 6.45) is 3.37. The fourth-order valence-corrected chi connectivity index (χ4v) is 2.69. The second-order valence-corrected chi connectivity index (χ2v) is 6.93. The third-order valence-corrected chi connectivity index (χ3v) is 4.20. The Bertz CT molecular complexity index is 894. The normalized spacial score (nSPS) is 11.8. The number of aliphatic hydroxyl groups excluding tert-OH is 1. The van der Waals surface area contributed by atoms with Gasteiger partial charge in [-0.3, -0.25) is 4.98 Å². The third kappa shape index (κ3) is 4.64. The van der Waals surface area contributed by atoms with Gasteiger partial charge in [-0.1, -0.05) is 0 Å². The van der Waals surface area contributed by atoms with Crippen LogP contribution in [0.4, 0.5) is 21.8 Å². The molecule has 0 amide bonds. The van der Waals surface area contributed by atoms with Gasteiger partial charge in [0, 0.05) is 33.6 Å². The van der Waals surface area contributed by atoms with Gasteiger partial charge < -0.3 is 15.7 Å². The van der Waals surface area contributed by atoms with E-state index in [-0.39, 0.29) is 18.5 Å². The van der Waals surface area contributed by atoms with Crippen molar-refractivity contribution in [3.8, 4) is 11.3 Å². The second-order valence-electron chi connectivity index (χ2n) is 5.68. The van der Waals surface area contributed by atoms with E-state index < -0.39 is 0 Å². The van der Waals surface area contributed by atoms with Crippen molar-refractivity contribution in [2.45, 2.75) is 13.0 Å². The first-order valence-electron chi connectivity index (χ1n) is 7.94. The molecule has 0 saturated heterocycles. The zero-order valence-electron chi connectivity index (χ0n) is 13.9. The summed E-state index contributed by atoms with van der Waals surface area (Å²) in [6.45, 7) is 1.75. The van der Waals surface area contributed by atoms with Crippen LogP contribution in [0.25, 0.3) is 11.3 Å². The highest BCUT2D eigenvalue weighted by atomic mass is 127. The number of nitrogens with one attached hydrogen (secondary N) is 2. The summed E-state index contributed by atoms with van der Waals surface area (Å²) in [6, 6.07) is 10.1. The molecule has 3 rings (SSSR count). The summed E-state index contributed by atoms with van der Waals surface area (Å²) >= 11 is 2.05. The lowest BCUT2D eigenvalue weighted by molar-refractivity contribution is 0.281. The van der Waals surface area contributed by atoms with Crippen molar-refractivity contribution >= 4 is 40.0 Å². The van der Waals surface area contributed by atoms with Gasteiger partial charge in [0.1, 0.15) is 11.6 Å². The molecule has 3 N–H and O–H groups in total. The Morgan fingerprint density at radius 3 is 2.77 bits per heavy atom. The van der Waals surface area contributed by atoms with Gasteiger partial charge in [-0.25, -0.2) is 9.37 Å². The highest BCUT2D eigenvalue weighted by molar-refractivity contribution is 14.1. The molecule has 0 bridgehead atoms. The maximum absolute atomic E-state index is 14.2. The molecule has 0 fully saturated rings. The molecule has 0 saturated carbocycles. The molecule has 0 aliphatic carbocycles. The number of pyridine rings is 1. The van der Waals surface area contributed by atoms with Crippen LogP contribution in [0, 0.1) is 9.39 Å². The van der Waals surface area contributed by atoms with Gasteiger partial charge in [-0.2, -0.15) is 4.98 Å². The van der Waals surface area contributed by atoms with Crippen molar-refractivity contribution in [1.82, 2.24) is 15.0 Å². The van der Waals surface area contributed by atoms with E-state index in [2.05, 4.69) is 48.2 Å². The highest BCUT2D eigenvalue weighted by Gasteiger charge is 2.11. The lowest BCUT2D eigenvalue weighted by Crippen LogP contribution is -2.21. The molecule has 0 unspecified atom stereocenters. The van der Waals surface area contributed by atoms with Crippen molar-refractivity contribution in [3.05, 3.63) is 58.2 Å². The Morgan fingerprint density at radius 2 is 2.08 bits per heavy atom. The summed E-state index contributed by atoms with van der Waals surface area (Å²) in [5.74, 6) is 0.407. The SMILES string of the molecule is C[C@@H](CO)Nc1nc(Nc2ccc(I)cc2F)cc(-c2cccnc2)n1. The van der Waals surface area contributed by atoms with Gasteiger partial charge in [0.05, 0.1) is 18.0 Å². The average Bonchev–Trinajstić information content (AvgIpc) is 2.64. The molecule has 134 valence electrons. The minimum Gasteiger partial charge on any atom is -0.394 e. The molecule has 26 heavy (non-hydrogen) atoms. The summed E-state index contributed by atoms with van der Waals surface area (Å²) in [5.41, 5.74) is 1.76. The molecule has 1 atom stereocenters. The molecular weight excluding hydrogens is 448 g/mol. The van der Waals surface area contributed by atoms with E-state index in [9.17, 15) is 9.50 Å². The first-order valence-corrected chi connectivity index (χ1v) is 9.02. The zero-order chi connectivity index (χ0) is 18.5. The highest BCUT2D eigenvalue weighted by Crippen LogP contribution is 2.25. The molecule has 0 radical (unpaired) electrons. The molecule has 2 heterocycles. The van der Waals surface area contributed by atoms with E-state index in [4.69, 9.17) is 0 Å². The van der Waals surface area contributed by atoms with Gasteiger partial charge >= 0.3 is 0 Å². The lowest BCUT2D eigenvalue weighted by Gasteiger charge is -2.14. The van der Waals surface area contributed by atoms with Gasteiger partial charge in [-0.05, 0) is 59.8 Å². The van der Waals surface area contributed by atoms with E-state index >= 15 is 0 Å². The van der Waals surface area contributed by atoms with E-state index in [1.807, 2.05) is 25.1 Å². The number of hydrogen-bond acceptors (Lipinski definition) is 6. The fraction of sp³-hybridized carbons (Fsp3) is 0.167. The van der Waals surface area contributed by atoms with E-state index in [1.165, 1.54) is 6.07 Å². The molecule has 2 aromatic heterocycles. The molecule has 8 heteroatoms. The predicted octanol–water partition coefficient (Wildman–Crippen LogP) is 3.82. The quantitative estimate of drug-likeness (QED) is 0.481. The molecule has 6 nitrogen and oxygen atoms in total. The summed E-state index contributed by atoms with van der Waals surface area (Å²) in [5, 5.41) is 15.3. The van der Waals surface area contributed by atoms with Gasteiger partial charge in [0.15, 0.2) is 0 Å². The van der Waals surface area contributed by atoms with Crippen LogP contribution in [0.3, 0.4) is 0 Å². The number of halogens is 2. The standard InChI is InChI=1S/C18H17FIN5O/c1-11(10-26)22-18-24-16(12-3-2-6-21-9-12)8-17(25-18)23-15-5-4-13(20)7-14(15)19/h2-9,11,26H,10H2,1H3,(H2,22,23,24,25)/t11-/m0/s1. The van der Waals surface area contributed by atoms with Gasteiger partial charge in [0.2, 0.25) is 5.95 Å². The number of aliphatic hydroxyl groups is 1. The number of nitrogens with zero attached hydrogens (tertiary/aromatic N) is 3. The number of aromatic nitrogens is 3. The molecule has 1 aromatic carbocycles. The van der Waals surface area contributed by atoms with Crippen LogP contribution in [-0.2, 0) is 0 Å². The third-order valence-electron chi connectivity index (χ3n) is 3.53. The van der Waals surface area contributed by atoms with Crippen molar-refractivity contribution in [3.63, 3.8) is 0 Å². The van der Waals surface area contributed by atoms with Crippen LogP contribution < -0.4 is 10.6 Å². The Kier molecular flexibility index (Phi) is 5.94. The van der Waals surface area contributed by atoms with Crippen LogP contribution >= 0.6 is 22.6 Å². The van der Waals surface area contributed by atoms with E-state index in [0.717, 1.165) is 9.13 Å². The van der Waals surface area contributed by atoms with E-state index in [0.29, 0.717) is 23.1 Å². The Labute approximate surface area is 164 Å². The number of benzene rings is 1. The molecule has 0 spiro atoms. The smallest absolute Gasteiger partial charge is 0.225 e. The molecule has 0 aliphatic rings. The van der Waals surface area contributed by atoms with E-state index in [1.54, 1.807) is 24.5 Å². The minimum atomic E-state index is -0.364. The summed E-state index contributed by atoms with van der Waals surface area (Å²) < 4.78 is 15.0. The lowest BCUT2D eigenvalue weighted by atomic mass is 10.2. The molecular formula is C18H17FIN5O. The van der Waals surface area contributed by atoms with Crippen molar-refractivity contribution in [2.24, 2.45) is 0 Å². The largest absolute Gasteiger partial charge is 0.394 e. The zero-order valence-corrected chi connectivity index (χ0v) is 16.1. The Morgan fingerprint density at radius 1 is 1.23 bits per heavy atom. The van der Waals surface area contributed by atoms with Crippen LogP contribution in [0.5, 0.6) is 0 Å². The Balaban J connectivity index is 1.98. The van der Waals surface area contributed by atoms with Crippen LogP contribution in [0.2, 0.25) is 0 Å². The van der Waals surface area contributed by atoms with Crippen molar-refractivity contribution < 1.29 is 9.50 Å². The predicted molar refractivity (Wildman–Crippen MR) is 108 cm³/mol. The van der Waals surface area contributed by atoms with Crippen LogP contribution in [0.15, 0.2) is 48.8 Å². The van der Waals surface area contributed by atoms with Gasteiger partial charge in [0.25, 0.3) is 0 Å². The topological polar surface area (TPSA) is 83.0 Å². The van der Waals surface area contributed by atoms with Gasteiger partial charge in [-0.15, -0.1) is 0 Å². The first kappa shape index (κ1) is 18.5. The summed E-state index contributed by atoms with van der Waals surface area (Å²) in [4.78, 5) is 12.9. The summed E-state index contributed by atoms with van der Waals surface area (Å²) in [7, 11) is 0. The monoisotopic (exact) mass is 465 g/mol. The molecule has 3 aromatic rings. The minimum absolute atomic E-state index is 0.0605. The van der Waals surface area contributed by atoms with Crippen LogP contribution in [0.1, 0.15) is 6.92 Å². The first-order chi connectivity index (χ1) is 12.5.